The number of carbonyl (C=O) groups excluding carboxylic acids is 2. The largest absolute Gasteiger partial charge is 0.490 e. The molecule has 0 spiro atoms. The number of hydrogen-bond acceptors (Lipinski definition) is 8. The molecule has 344 valence electrons. The van der Waals surface area contributed by atoms with Crippen molar-refractivity contribution in [1.29, 1.82) is 0 Å². The molecular formula is C52H82O8S. The summed E-state index contributed by atoms with van der Waals surface area (Å²) in [5, 5.41) is 0. The van der Waals surface area contributed by atoms with Gasteiger partial charge in [0.1, 0.15) is 37.9 Å². The molecule has 8 nitrogen and oxygen atoms in total. The Bertz CT molecular complexity index is 1420. The minimum atomic E-state index is -3.76. The Balaban J connectivity index is 1.50. The van der Waals surface area contributed by atoms with Gasteiger partial charge in [-0.2, -0.15) is 0 Å². The molecule has 0 aromatic heterocycles. The van der Waals surface area contributed by atoms with E-state index in [-0.39, 0.29) is 36.2 Å². The molecule has 0 N–H and O–H groups in total. The summed E-state index contributed by atoms with van der Waals surface area (Å²) in [6.45, 7) is 5.02. The zero-order valence-electron chi connectivity index (χ0n) is 38.2. The van der Waals surface area contributed by atoms with Crippen molar-refractivity contribution >= 4 is 21.8 Å². The van der Waals surface area contributed by atoms with Crippen LogP contribution in [0, 0.1) is 0 Å². The Hall–Kier alpha value is -3.59. The van der Waals surface area contributed by atoms with Gasteiger partial charge in [-0.1, -0.05) is 180 Å². The zero-order valence-corrected chi connectivity index (χ0v) is 39.0. The van der Waals surface area contributed by atoms with Crippen molar-refractivity contribution in [2.45, 2.75) is 203 Å². The van der Waals surface area contributed by atoms with E-state index in [0.717, 1.165) is 25.7 Å². The van der Waals surface area contributed by atoms with Crippen LogP contribution in [0.25, 0.3) is 0 Å². The molecule has 9 heteroatoms. The molecule has 2 aromatic rings. The van der Waals surface area contributed by atoms with E-state index < -0.39 is 21.8 Å². The third-order valence-corrected chi connectivity index (χ3v) is 12.7. The lowest BCUT2D eigenvalue weighted by molar-refractivity contribution is -0.139. The van der Waals surface area contributed by atoms with Crippen molar-refractivity contribution in [3.8, 4) is 11.5 Å². The van der Waals surface area contributed by atoms with E-state index in [1.165, 1.54) is 191 Å². The maximum atomic E-state index is 13.2. The highest BCUT2D eigenvalue weighted by Crippen LogP contribution is 2.25. The van der Waals surface area contributed by atoms with Crippen LogP contribution in [-0.4, -0.2) is 46.8 Å². The summed E-state index contributed by atoms with van der Waals surface area (Å²) in [5.74, 6) is 0.168. The topological polar surface area (TPSA) is 105 Å². The molecule has 0 radical (unpaired) electrons. The van der Waals surface area contributed by atoms with Crippen LogP contribution in [0.2, 0.25) is 0 Å². The van der Waals surface area contributed by atoms with Crippen molar-refractivity contribution in [2.24, 2.45) is 0 Å². The van der Waals surface area contributed by atoms with Crippen LogP contribution in [0.5, 0.6) is 11.5 Å². The molecule has 61 heavy (non-hydrogen) atoms. The van der Waals surface area contributed by atoms with Crippen LogP contribution in [-0.2, 0) is 28.9 Å². The number of benzene rings is 2. The van der Waals surface area contributed by atoms with E-state index >= 15 is 0 Å². The van der Waals surface area contributed by atoms with Gasteiger partial charge in [0.15, 0.2) is 0 Å². The Morgan fingerprint density at radius 1 is 0.410 bits per heavy atom. The predicted molar refractivity (Wildman–Crippen MR) is 250 cm³/mol. The van der Waals surface area contributed by atoms with Gasteiger partial charge in [0.2, 0.25) is 9.84 Å². The second-order valence-corrected chi connectivity index (χ2v) is 18.3. The Labute approximate surface area is 371 Å². The molecule has 0 amide bonds. The maximum Gasteiger partial charge on any atom is 0.330 e. The van der Waals surface area contributed by atoms with Crippen molar-refractivity contribution in [3.05, 3.63) is 72.8 Å². The highest BCUT2D eigenvalue weighted by molar-refractivity contribution is 7.91. The summed E-state index contributed by atoms with van der Waals surface area (Å²) >= 11 is 0. The highest BCUT2D eigenvalue weighted by Gasteiger charge is 2.18. The Morgan fingerprint density at radius 3 is 0.984 bits per heavy atom. The number of esters is 2. The monoisotopic (exact) mass is 867 g/mol. The second-order valence-electron chi connectivity index (χ2n) is 16.3. The normalized spacial score (nSPS) is 11.7. The molecule has 0 bridgehead atoms. The van der Waals surface area contributed by atoms with Gasteiger partial charge in [0.05, 0.1) is 9.79 Å². The standard InChI is InChI=1S/C52H82O8S/c1-3-5-7-9-11-13-15-17-19-21-23-25-27-29-31-33-51(53)59-45-43-57-47-35-39-49(40-36-47)61(55,56)50-41-37-48(38-42-50)58-44-46-60-52(54)34-32-30-28-26-24-22-20-18-16-14-12-10-8-6-4-2/h31-42H,3-30,43-46H2,1-2H3/b33-31+,34-32+. The molecule has 0 saturated heterocycles. The molecule has 0 fully saturated rings. The van der Waals surface area contributed by atoms with Crippen molar-refractivity contribution in [3.63, 3.8) is 0 Å². The summed E-state index contributed by atoms with van der Waals surface area (Å²) in [4.78, 5) is 24.3. The van der Waals surface area contributed by atoms with Gasteiger partial charge in [-0.3, -0.25) is 0 Å². The lowest BCUT2D eigenvalue weighted by atomic mass is 10.0. The van der Waals surface area contributed by atoms with E-state index in [0.29, 0.717) is 11.5 Å². The third-order valence-electron chi connectivity index (χ3n) is 10.9. The zero-order chi connectivity index (χ0) is 43.9. The molecule has 0 atom stereocenters. The smallest absolute Gasteiger partial charge is 0.330 e. The molecule has 0 aliphatic heterocycles. The quantitative estimate of drug-likeness (QED) is 0.0370. The van der Waals surface area contributed by atoms with Crippen LogP contribution in [0.3, 0.4) is 0 Å². The van der Waals surface area contributed by atoms with Gasteiger partial charge < -0.3 is 18.9 Å². The summed E-state index contributed by atoms with van der Waals surface area (Å²) in [6, 6.07) is 12.3. The molecule has 0 aliphatic rings. The molecule has 0 unspecified atom stereocenters. The summed E-state index contributed by atoms with van der Waals surface area (Å²) in [5.41, 5.74) is 0. The van der Waals surface area contributed by atoms with Crippen molar-refractivity contribution in [2.75, 3.05) is 26.4 Å². The number of allylic oxidation sites excluding steroid dienone is 2. The van der Waals surface area contributed by atoms with Crippen LogP contribution >= 0.6 is 0 Å². The average molecular weight is 867 g/mol. The Morgan fingerprint density at radius 2 is 0.689 bits per heavy atom. The summed E-state index contributed by atoms with van der Waals surface area (Å²) in [7, 11) is -3.76. The van der Waals surface area contributed by atoms with E-state index in [1.54, 1.807) is 24.3 Å². The molecule has 2 aromatic carbocycles. The molecule has 0 saturated carbocycles. The van der Waals surface area contributed by atoms with Gasteiger partial charge in [-0.05, 0) is 74.2 Å². The summed E-state index contributed by atoms with van der Waals surface area (Å²) < 4.78 is 48.2. The first-order chi connectivity index (χ1) is 29.9. The van der Waals surface area contributed by atoms with E-state index in [9.17, 15) is 18.0 Å². The second kappa shape index (κ2) is 37.0. The van der Waals surface area contributed by atoms with Gasteiger partial charge >= 0.3 is 11.9 Å². The van der Waals surface area contributed by atoms with E-state index in [2.05, 4.69) is 13.8 Å². The van der Waals surface area contributed by atoms with Gasteiger partial charge in [0, 0.05) is 12.2 Å². The lowest BCUT2D eigenvalue weighted by Crippen LogP contribution is -2.10. The lowest BCUT2D eigenvalue weighted by Gasteiger charge is -2.10. The predicted octanol–water partition coefficient (Wildman–Crippen LogP) is 14.4. The maximum absolute atomic E-state index is 13.2. The summed E-state index contributed by atoms with van der Waals surface area (Å²) in [6.07, 6.45) is 42.7. The van der Waals surface area contributed by atoms with Gasteiger partial charge in [-0.15, -0.1) is 0 Å². The number of carbonyl (C=O) groups is 2. The van der Waals surface area contributed by atoms with Crippen LogP contribution in [0.15, 0.2) is 82.6 Å². The average Bonchev–Trinajstić information content (AvgIpc) is 3.27. The minimum Gasteiger partial charge on any atom is -0.490 e. The first-order valence-electron chi connectivity index (χ1n) is 24.2. The SMILES string of the molecule is CCCCCCCCCCCCCCC/C=C/C(=O)OCCOc1ccc(S(=O)(=O)c2ccc(OCCOC(=O)/C=C/CCCCCCCCCCCCCCC)cc2)cc1. The van der Waals surface area contributed by atoms with Crippen LogP contribution in [0.1, 0.15) is 194 Å². The molecule has 0 heterocycles. The number of unbranched alkanes of at least 4 members (excludes halogenated alkanes) is 26. The van der Waals surface area contributed by atoms with Gasteiger partial charge in [-0.25, -0.2) is 18.0 Å². The van der Waals surface area contributed by atoms with Crippen molar-refractivity contribution < 1.29 is 37.0 Å². The number of rotatable bonds is 40. The van der Waals surface area contributed by atoms with Gasteiger partial charge in [0.25, 0.3) is 0 Å². The molecule has 0 aliphatic carbocycles. The fourth-order valence-corrected chi connectivity index (χ4v) is 8.45. The van der Waals surface area contributed by atoms with Crippen molar-refractivity contribution in [1.82, 2.24) is 0 Å². The van der Waals surface area contributed by atoms with Crippen LogP contribution < -0.4 is 9.47 Å². The van der Waals surface area contributed by atoms with E-state index in [1.807, 2.05) is 12.2 Å². The molecule has 2 rings (SSSR count). The minimum absolute atomic E-state index is 0.0927. The fraction of sp³-hybridized carbons (Fsp3) is 0.654. The highest BCUT2D eigenvalue weighted by atomic mass is 32.2. The number of ether oxygens (including phenoxy) is 4. The Kier molecular flexibility index (Phi) is 32.5. The van der Waals surface area contributed by atoms with Crippen LogP contribution in [0.4, 0.5) is 0 Å². The number of sulfone groups is 1. The van der Waals surface area contributed by atoms with E-state index in [4.69, 9.17) is 18.9 Å². The first kappa shape index (κ1) is 53.5. The third kappa shape index (κ3) is 28.6. The molecular weight excluding hydrogens is 785 g/mol. The first-order valence-corrected chi connectivity index (χ1v) is 25.7. The fourth-order valence-electron chi connectivity index (χ4n) is 7.18. The number of hydrogen-bond donors (Lipinski definition) is 0.